The van der Waals surface area contributed by atoms with Crippen molar-refractivity contribution >= 4 is 34.1 Å². The molecule has 0 saturated carbocycles. The number of ether oxygens (including phenoxy) is 1. The first-order valence-electron chi connectivity index (χ1n) is 11.3. The largest absolute Gasteiger partial charge is 0.497 e. The minimum absolute atomic E-state index is 0.115. The molecule has 0 aliphatic carbocycles. The molecule has 3 aliphatic heterocycles. The summed E-state index contributed by atoms with van der Waals surface area (Å²) in [6.45, 7) is 4.42. The Balaban J connectivity index is 1.61. The molecule has 6 rings (SSSR count). The summed E-state index contributed by atoms with van der Waals surface area (Å²) in [4.78, 5) is 7.35. The van der Waals surface area contributed by atoms with Crippen molar-refractivity contribution in [3.63, 3.8) is 0 Å². The molecule has 3 saturated heterocycles. The van der Waals surface area contributed by atoms with Crippen molar-refractivity contribution in [2.45, 2.75) is 38.3 Å². The van der Waals surface area contributed by atoms with Gasteiger partial charge in [-0.1, -0.05) is 36.5 Å². The number of hydrogen-bond donors (Lipinski definition) is 1. The molecule has 3 aliphatic rings. The van der Waals surface area contributed by atoms with Gasteiger partial charge >= 0.3 is 0 Å². The Labute approximate surface area is 199 Å². The van der Waals surface area contributed by atoms with E-state index in [9.17, 15) is 5.11 Å². The Morgan fingerprint density at radius 3 is 2.59 bits per heavy atom. The van der Waals surface area contributed by atoms with Gasteiger partial charge < -0.3 is 9.84 Å². The molecule has 0 amide bonds. The highest BCUT2D eigenvalue weighted by molar-refractivity contribution is 6.35. The smallest absolute Gasteiger partial charge is 0.119 e. The molecular weight excluding hydrogens is 443 g/mol. The van der Waals surface area contributed by atoms with Crippen LogP contribution in [0.4, 0.5) is 0 Å². The highest BCUT2D eigenvalue weighted by Gasteiger charge is 2.42. The molecule has 4 heterocycles. The fourth-order valence-electron chi connectivity index (χ4n) is 5.63. The lowest BCUT2D eigenvalue weighted by Crippen LogP contribution is -2.55. The summed E-state index contributed by atoms with van der Waals surface area (Å²) >= 11 is 12.5. The molecule has 168 valence electrons. The molecule has 5 atom stereocenters. The van der Waals surface area contributed by atoms with Crippen LogP contribution in [0.5, 0.6) is 5.75 Å². The topological polar surface area (TPSA) is 45.6 Å². The van der Waals surface area contributed by atoms with Crippen molar-refractivity contribution in [3.05, 3.63) is 58.1 Å². The Hall–Kier alpha value is -1.85. The molecule has 1 aromatic heterocycles. The van der Waals surface area contributed by atoms with E-state index < -0.39 is 6.10 Å². The quantitative estimate of drug-likeness (QED) is 0.470. The number of aromatic nitrogens is 1. The zero-order valence-corrected chi connectivity index (χ0v) is 19.9. The van der Waals surface area contributed by atoms with Crippen molar-refractivity contribution < 1.29 is 9.84 Å². The molecule has 2 bridgehead atoms. The third-order valence-electron chi connectivity index (χ3n) is 7.35. The van der Waals surface area contributed by atoms with Gasteiger partial charge in [0, 0.05) is 33.6 Å². The van der Waals surface area contributed by atoms with Gasteiger partial charge in [-0.25, -0.2) is 4.98 Å². The normalized spacial score (nSPS) is 25.8. The van der Waals surface area contributed by atoms with Crippen LogP contribution in [-0.2, 0) is 0 Å². The fraction of sp³-hybridized carbons (Fsp3) is 0.423. The summed E-state index contributed by atoms with van der Waals surface area (Å²) in [7, 11) is 1.66. The van der Waals surface area contributed by atoms with Gasteiger partial charge in [-0.05, 0) is 79.3 Å². The number of pyridine rings is 1. The highest BCUT2D eigenvalue weighted by atomic mass is 35.5. The third kappa shape index (κ3) is 3.99. The predicted octanol–water partition coefficient (Wildman–Crippen LogP) is 6.37. The van der Waals surface area contributed by atoms with Crippen LogP contribution in [0, 0.1) is 11.8 Å². The monoisotopic (exact) mass is 470 g/mol. The second-order valence-corrected chi connectivity index (χ2v) is 9.97. The number of rotatable bonds is 5. The summed E-state index contributed by atoms with van der Waals surface area (Å²) in [6.07, 6.45) is 2.87. The number of fused-ring (bicyclic) bond motifs is 4. The average Bonchev–Trinajstić information content (AvgIpc) is 2.82. The first-order valence-corrected chi connectivity index (χ1v) is 12.1. The molecular formula is C26H28Cl2N2O2. The summed E-state index contributed by atoms with van der Waals surface area (Å²) in [5.41, 5.74) is 3.29. The average molecular weight is 471 g/mol. The van der Waals surface area contributed by atoms with Crippen molar-refractivity contribution in [2.75, 3.05) is 20.2 Å². The fourth-order valence-corrected chi connectivity index (χ4v) is 6.16. The van der Waals surface area contributed by atoms with E-state index in [0.29, 0.717) is 16.0 Å². The van der Waals surface area contributed by atoms with Gasteiger partial charge in [0.05, 0.1) is 24.4 Å². The summed E-state index contributed by atoms with van der Waals surface area (Å²) < 4.78 is 5.47. The van der Waals surface area contributed by atoms with Crippen LogP contribution in [0.25, 0.3) is 22.2 Å². The number of hydrogen-bond acceptors (Lipinski definition) is 4. The predicted molar refractivity (Wildman–Crippen MR) is 131 cm³/mol. The molecule has 3 fully saturated rings. The standard InChI is InChI=1S/C26H28Cl2N2O2/c1-3-15-14-30-7-6-16(15)10-25(30)26(31)22-13-24(17-8-18(27)11-19(28)9-17)29-23-5-4-20(32-2)12-21(22)23/h4-5,8-9,11-13,15-16,25-26,31H,3,6-7,10,14H2,1-2H3/t15-,16+,25-,26+/m0/s1. The van der Waals surface area contributed by atoms with E-state index in [1.165, 1.54) is 12.8 Å². The van der Waals surface area contributed by atoms with E-state index >= 15 is 0 Å². The maximum Gasteiger partial charge on any atom is 0.119 e. The number of nitrogens with zero attached hydrogens (tertiary/aromatic N) is 2. The van der Waals surface area contributed by atoms with Gasteiger partial charge in [0.15, 0.2) is 0 Å². The van der Waals surface area contributed by atoms with E-state index in [4.69, 9.17) is 32.9 Å². The second kappa shape index (κ2) is 8.83. The molecule has 32 heavy (non-hydrogen) atoms. The van der Waals surface area contributed by atoms with Crippen molar-refractivity contribution in [2.24, 2.45) is 11.8 Å². The number of aliphatic hydroxyl groups is 1. The minimum atomic E-state index is -0.610. The summed E-state index contributed by atoms with van der Waals surface area (Å²) in [5.74, 6) is 2.19. The lowest BCUT2D eigenvalue weighted by Gasteiger charge is -2.51. The van der Waals surface area contributed by atoms with E-state index in [1.807, 2.05) is 36.4 Å². The maximum absolute atomic E-state index is 11.7. The van der Waals surface area contributed by atoms with Crippen LogP contribution < -0.4 is 4.74 Å². The number of piperidine rings is 3. The van der Waals surface area contributed by atoms with Crippen molar-refractivity contribution in [3.8, 4) is 17.0 Å². The maximum atomic E-state index is 11.7. The van der Waals surface area contributed by atoms with Gasteiger partial charge in [-0.15, -0.1) is 0 Å². The van der Waals surface area contributed by atoms with Crippen LogP contribution in [-0.4, -0.2) is 41.2 Å². The molecule has 1 N–H and O–H groups in total. The molecule has 2 aromatic carbocycles. The Kier molecular flexibility index (Phi) is 6.06. The zero-order valence-electron chi connectivity index (χ0n) is 18.4. The number of methoxy groups -OCH3 is 1. The van der Waals surface area contributed by atoms with Gasteiger partial charge in [-0.3, -0.25) is 4.90 Å². The van der Waals surface area contributed by atoms with E-state index in [0.717, 1.165) is 58.9 Å². The first kappa shape index (κ1) is 22.0. The minimum Gasteiger partial charge on any atom is -0.497 e. The lowest BCUT2D eigenvalue weighted by molar-refractivity contribution is -0.0562. The second-order valence-electron chi connectivity index (χ2n) is 9.10. The van der Waals surface area contributed by atoms with Crippen LogP contribution in [0.2, 0.25) is 10.0 Å². The third-order valence-corrected chi connectivity index (χ3v) is 7.79. The van der Waals surface area contributed by atoms with Gasteiger partial charge in [-0.2, -0.15) is 0 Å². The van der Waals surface area contributed by atoms with Crippen molar-refractivity contribution in [1.82, 2.24) is 9.88 Å². The summed E-state index contributed by atoms with van der Waals surface area (Å²) in [6, 6.07) is 13.4. The van der Waals surface area contributed by atoms with Gasteiger partial charge in [0.25, 0.3) is 0 Å². The van der Waals surface area contributed by atoms with Crippen LogP contribution in [0.3, 0.4) is 0 Å². The first-order chi connectivity index (χ1) is 15.5. The lowest BCUT2D eigenvalue weighted by atomic mass is 9.72. The highest BCUT2D eigenvalue weighted by Crippen LogP contribution is 2.43. The van der Waals surface area contributed by atoms with Gasteiger partial charge in [0.2, 0.25) is 0 Å². The molecule has 0 radical (unpaired) electrons. The van der Waals surface area contributed by atoms with Crippen LogP contribution in [0.15, 0.2) is 42.5 Å². The molecule has 0 spiro atoms. The number of halogens is 2. The Morgan fingerprint density at radius 2 is 1.94 bits per heavy atom. The van der Waals surface area contributed by atoms with E-state index in [1.54, 1.807) is 13.2 Å². The van der Waals surface area contributed by atoms with E-state index in [-0.39, 0.29) is 6.04 Å². The van der Waals surface area contributed by atoms with Gasteiger partial charge in [0.1, 0.15) is 5.75 Å². The number of aliphatic hydroxyl groups excluding tert-OH is 1. The van der Waals surface area contributed by atoms with Crippen molar-refractivity contribution in [1.29, 1.82) is 0 Å². The SMILES string of the molecule is CC[C@H]1CN2CC[C@@H]1C[C@H]2[C@H](O)c1cc(-c2cc(Cl)cc(Cl)c2)nc2ccc(OC)cc12. The molecule has 1 unspecified atom stereocenters. The summed E-state index contributed by atoms with van der Waals surface area (Å²) in [5, 5.41) is 13.8. The molecule has 3 aromatic rings. The molecule has 6 heteroatoms. The van der Waals surface area contributed by atoms with Crippen LogP contribution >= 0.6 is 23.2 Å². The zero-order chi connectivity index (χ0) is 22.4. The Bertz CT molecular complexity index is 1130. The number of benzene rings is 2. The molecule has 4 nitrogen and oxygen atoms in total. The van der Waals surface area contributed by atoms with E-state index in [2.05, 4.69) is 11.8 Å². The van der Waals surface area contributed by atoms with Crippen LogP contribution in [0.1, 0.15) is 37.9 Å². The Morgan fingerprint density at radius 1 is 1.16 bits per heavy atom.